The van der Waals surface area contributed by atoms with E-state index < -0.39 is 0 Å². The average molecular weight is 381 g/mol. The molecule has 0 saturated heterocycles. The number of aromatic nitrogens is 4. The van der Waals surface area contributed by atoms with Gasteiger partial charge in [0.2, 0.25) is 11.9 Å². The highest BCUT2D eigenvalue weighted by molar-refractivity contribution is 5.87. The van der Waals surface area contributed by atoms with E-state index in [2.05, 4.69) is 37.6 Å². The van der Waals surface area contributed by atoms with E-state index in [4.69, 9.17) is 4.42 Å². The van der Waals surface area contributed by atoms with Crippen LogP contribution in [-0.4, -0.2) is 37.7 Å². The maximum Gasteiger partial charge on any atom is 0.243 e. The molecule has 0 aliphatic heterocycles. The van der Waals surface area contributed by atoms with Crippen molar-refractivity contribution in [2.24, 2.45) is 7.05 Å². The first kappa shape index (κ1) is 18.0. The van der Waals surface area contributed by atoms with Crippen molar-refractivity contribution in [1.29, 1.82) is 0 Å². The zero-order chi connectivity index (χ0) is 19.5. The van der Waals surface area contributed by atoms with Gasteiger partial charge in [-0.2, -0.15) is 10.1 Å². The number of rotatable bonds is 6. The lowest BCUT2D eigenvalue weighted by Crippen LogP contribution is -2.39. The third-order valence-corrected chi connectivity index (χ3v) is 4.86. The molecule has 0 bridgehead atoms. The first-order valence-corrected chi connectivity index (χ1v) is 9.31. The van der Waals surface area contributed by atoms with E-state index in [-0.39, 0.29) is 18.0 Å². The van der Waals surface area contributed by atoms with Gasteiger partial charge in [-0.05, 0) is 31.8 Å². The minimum Gasteiger partial charge on any atom is -0.459 e. The van der Waals surface area contributed by atoms with Crippen LogP contribution >= 0.6 is 0 Å². The molecule has 1 amide bonds. The predicted octanol–water partition coefficient (Wildman–Crippen LogP) is 2.73. The number of nitrogens with one attached hydrogen (secondary N) is 3. The van der Waals surface area contributed by atoms with E-state index in [0.29, 0.717) is 17.3 Å². The summed E-state index contributed by atoms with van der Waals surface area (Å²) in [5.74, 6) is 1.03. The molecule has 1 saturated carbocycles. The summed E-state index contributed by atoms with van der Waals surface area (Å²) in [6, 6.07) is 2.27. The average Bonchev–Trinajstić information content (AvgIpc) is 3.32. The number of amides is 1. The highest BCUT2D eigenvalue weighted by Gasteiger charge is 2.23. The lowest BCUT2D eigenvalue weighted by molar-refractivity contribution is -0.117. The molecular formula is C19H23N7O2. The van der Waals surface area contributed by atoms with Gasteiger partial charge in [0.15, 0.2) is 11.4 Å². The summed E-state index contributed by atoms with van der Waals surface area (Å²) in [5, 5.41) is 13.8. The number of carbonyl (C=O) groups excluding carboxylic acids is 1. The van der Waals surface area contributed by atoms with E-state index in [1.807, 2.05) is 19.3 Å². The van der Waals surface area contributed by atoms with Gasteiger partial charge in [0.25, 0.3) is 0 Å². The number of hydrogen-bond acceptors (Lipinski definition) is 7. The molecule has 1 fully saturated rings. The van der Waals surface area contributed by atoms with Crippen LogP contribution in [0, 0.1) is 0 Å². The van der Waals surface area contributed by atoms with E-state index in [1.54, 1.807) is 17.1 Å². The minimum atomic E-state index is -0.115. The molecule has 0 spiro atoms. The number of nitrogens with zero attached hydrogens (tertiary/aromatic N) is 4. The molecule has 3 heterocycles. The van der Waals surface area contributed by atoms with Gasteiger partial charge in [-0.1, -0.05) is 6.58 Å². The van der Waals surface area contributed by atoms with Gasteiger partial charge in [-0.25, -0.2) is 4.98 Å². The maximum atomic E-state index is 11.5. The van der Waals surface area contributed by atoms with Crippen molar-refractivity contribution in [3.63, 3.8) is 0 Å². The van der Waals surface area contributed by atoms with E-state index in [0.717, 1.165) is 36.9 Å². The maximum absolute atomic E-state index is 11.5. The van der Waals surface area contributed by atoms with Crippen LogP contribution in [0.5, 0.6) is 0 Å². The van der Waals surface area contributed by atoms with Gasteiger partial charge in [-0.15, -0.1) is 0 Å². The zero-order valence-corrected chi connectivity index (χ0v) is 15.7. The summed E-state index contributed by atoms with van der Waals surface area (Å²) in [4.78, 5) is 20.6. The number of hydrogen-bond donors (Lipinski definition) is 3. The molecule has 4 rings (SSSR count). The Morgan fingerprint density at radius 2 is 2.07 bits per heavy atom. The summed E-state index contributed by atoms with van der Waals surface area (Å²) < 4.78 is 7.30. The lowest BCUT2D eigenvalue weighted by Gasteiger charge is -2.29. The van der Waals surface area contributed by atoms with Crippen LogP contribution in [0.3, 0.4) is 0 Å². The highest BCUT2D eigenvalue weighted by Crippen LogP contribution is 2.28. The first-order valence-electron chi connectivity index (χ1n) is 9.31. The second kappa shape index (κ2) is 7.71. The Balaban J connectivity index is 1.47. The van der Waals surface area contributed by atoms with Crippen LogP contribution in [0.4, 0.5) is 17.5 Å². The molecule has 1 aliphatic rings. The van der Waals surface area contributed by atoms with Gasteiger partial charge in [0, 0.05) is 31.4 Å². The topological polar surface area (TPSA) is 110 Å². The van der Waals surface area contributed by atoms with Crippen LogP contribution in [0.25, 0.3) is 11.1 Å². The molecule has 1 aliphatic carbocycles. The predicted molar refractivity (Wildman–Crippen MR) is 106 cm³/mol. The molecule has 0 unspecified atom stereocenters. The number of aryl methyl sites for hydroxylation is 1. The van der Waals surface area contributed by atoms with Gasteiger partial charge in [0.1, 0.15) is 5.52 Å². The summed E-state index contributed by atoms with van der Waals surface area (Å²) in [5.41, 5.74) is 2.18. The third kappa shape index (κ3) is 3.98. The van der Waals surface area contributed by atoms with Crippen molar-refractivity contribution in [3.8, 4) is 0 Å². The quantitative estimate of drug-likeness (QED) is 0.563. The molecule has 146 valence electrons. The number of furan rings is 1. The third-order valence-electron chi connectivity index (χ3n) is 4.86. The number of anilines is 3. The van der Waals surface area contributed by atoms with Crippen molar-refractivity contribution in [3.05, 3.63) is 37.4 Å². The smallest absolute Gasteiger partial charge is 0.243 e. The molecule has 0 aromatic carbocycles. The Morgan fingerprint density at radius 3 is 2.79 bits per heavy atom. The van der Waals surface area contributed by atoms with Crippen molar-refractivity contribution >= 4 is 34.5 Å². The summed E-state index contributed by atoms with van der Waals surface area (Å²) in [6.45, 7) is 3.50. The molecule has 3 aromatic heterocycles. The second-order valence-electron chi connectivity index (χ2n) is 6.96. The highest BCUT2D eigenvalue weighted by atomic mass is 16.3. The Morgan fingerprint density at radius 1 is 1.29 bits per heavy atom. The summed E-state index contributed by atoms with van der Waals surface area (Å²) in [6.07, 6.45) is 10.2. The fourth-order valence-corrected chi connectivity index (χ4v) is 3.47. The molecule has 9 heteroatoms. The molecule has 0 radical (unpaired) electrons. The SMILES string of the molecule is C=CC(=O)NC1CCC(Nc2nc(Nc3cnn(C)c3)nc3ccoc23)CC1. The molecule has 28 heavy (non-hydrogen) atoms. The Bertz CT molecular complexity index is 985. The lowest BCUT2D eigenvalue weighted by atomic mass is 9.91. The van der Waals surface area contributed by atoms with E-state index in [9.17, 15) is 4.79 Å². The van der Waals surface area contributed by atoms with Crippen LogP contribution in [-0.2, 0) is 11.8 Å². The van der Waals surface area contributed by atoms with Crippen LogP contribution in [0.15, 0.2) is 41.8 Å². The Hall–Kier alpha value is -3.36. The van der Waals surface area contributed by atoms with Gasteiger partial charge < -0.3 is 20.4 Å². The zero-order valence-electron chi connectivity index (χ0n) is 15.7. The first-order chi connectivity index (χ1) is 13.6. The number of fused-ring (bicyclic) bond motifs is 1. The van der Waals surface area contributed by atoms with Gasteiger partial charge in [0.05, 0.1) is 18.1 Å². The fraction of sp³-hybridized carbons (Fsp3) is 0.368. The Labute approximate surface area is 162 Å². The van der Waals surface area contributed by atoms with Crippen molar-refractivity contribution in [1.82, 2.24) is 25.1 Å². The van der Waals surface area contributed by atoms with E-state index in [1.165, 1.54) is 6.08 Å². The molecule has 0 atom stereocenters. The Kier molecular flexibility index (Phi) is 4.96. The normalized spacial score (nSPS) is 19.3. The standard InChI is InChI=1S/C19H23N7O2/c1-3-16(27)21-12-4-6-13(7-5-12)22-18-17-15(8-9-28-17)24-19(25-18)23-14-10-20-26(2)11-14/h3,8-13H,1,4-7H2,2H3,(H,21,27)(H2,22,23,24,25). The van der Waals surface area contributed by atoms with Gasteiger partial charge >= 0.3 is 0 Å². The van der Waals surface area contributed by atoms with Crippen LogP contribution < -0.4 is 16.0 Å². The van der Waals surface area contributed by atoms with E-state index >= 15 is 0 Å². The molecular weight excluding hydrogens is 358 g/mol. The van der Waals surface area contributed by atoms with Crippen molar-refractivity contribution in [2.75, 3.05) is 10.6 Å². The van der Waals surface area contributed by atoms with Crippen molar-refractivity contribution < 1.29 is 9.21 Å². The molecule has 9 nitrogen and oxygen atoms in total. The van der Waals surface area contributed by atoms with Crippen LogP contribution in [0.1, 0.15) is 25.7 Å². The summed E-state index contributed by atoms with van der Waals surface area (Å²) in [7, 11) is 1.85. The second-order valence-corrected chi connectivity index (χ2v) is 6.96. The minimum absolute atomic E-state index is 0.115. The van der Waals surface area contributed by atoms with Gasteiger partial charge in [-0.3, -0.25) is 9.48 Å². The largest absolute Gasteiger partial charge is 0.459 e. The summed E-state index contributed by atoms with van der Waals surface area (Å²) >= 11 is 0. The van der Waals surface area contributed by atoms with Crippen LogP contribution in [0.2, 0.25) is 0 Å². The molecule has 3 aromatic rings. The number of carbonyl (C=O) groups is 1. The monoisotopic (exact) mass is 381 g/mol. The van der Waals surface area contributed by atoms with Crippen molar-refractivity contribution in [2.45, 2.75) is 37.8 Å². The molecule has 3 N–H and O–H groups in total. The fourth-order valence-electron chi connectivity index (χ4n) is 3.47.